The van der Waals surface area contributed by atoms with Crippen molar-refractivity contribution in [3.63, 3.8) is 0 Å². The fourth-order valence-corrected chi connectivity index (χ4v) is 3.08. The zero-order chi connectivity index (χ0) is 13.0. The summed E-state index contributed by atoms with van der Waals surface area (Å²) in [6, 6.07) is 4.10. The third kappa shape index (κ3) is 3.54. The highest BCUT2D eigenvalue weighted by Gasteiger charge is 2.20. The van der Waals surface area contributed by atoms with Crippen LogP contribution in [0.25, 0.3) is 0 Å². The quantitative estimate of drug-likeness (QED) is 0.876. The standard InChI is InChI=1S/C13H20N2O2S/c1-11-2-3-12(18-11)10-13(17)15-6-4-14(5-7-15)8-9-16/h2-3,16H,4-10H2,1H3. The SMILES string of the molecule is Cc1ccc(CC(=O)N2CCN(CCO)CC2)s1. The summed E-state index contributed by atoms with van der Waals surface area (Å²) < 4.78 is 0. The van der Waals surface area contributed by atoms with Crippen molar-refractivity contribution >= 4 is 17.2 Å². The fraction of sp³-hybridized carbons (Fsp3) is 0.615. The van der Waals surface area contributed by atoms with Crippen LogP contribution in [-0.2, 0) is 11.2 Å². The van der Waals surface area contributed by atoms with Crippen molar-refractivity contribution in [3.8, 4) is 0 Å². The van der Waals surface area contributed by atoms with Crippen LogP contribution in [-0.4, -0.2) is 60.1 Å². The molecule has 1 aromatic heterocycles. The monoisotopic (exact) mass is 268 g/mol. The predicted octanol–water partition coefficient (Wildman–Crippen LogP) is 0.736. The van der Waals surface area contributed by atoms with E-state index in [0.29, 0.717) is 13.0 Å². The van der Waals surface area contributed by atoms with Crippen LogP contribution in [0.1, 0.15) is 9.75 Å². The molecule has 0 radical (unpaired) electrons. The van der Waals surface area contributed by atoms with Crippen molar-refractivity contribution < 1.29 is 9.90 Å². The second-order valence-corrected chi connectivity index (χ2v) is 6.01. The number of thiophene rings is 1. The Labute approximate surface area is 112 Å². The molecular weight excluding hydrogens is 248 g/mol. The summed E-state index contributed by atoms with van der Waals surface area (Å²) >= 11 is 1.70. The average molecular weight is 268 g/mol. The highest BCUT2D eigenvalue weighted by atomic mass is 32.1. The average Bonchev–Trinajstić information content (AvgIpc) is 2.76. The van der Waals surface area contributed by atoms with E-state index in [4.69, 9.17) is 5.11 Å². The number of aliphatic hydroxyl groups excluding tert-OH is 1. The first kappa shape index (κ1) is 13.5. The number of β-amino-alcohol motifs (C(OH)–C–C–N with tert-alkyl or cyclic N) is 1. The van der Waals surface area contributed by atoms with Gasteiger partial charge in [-0.3, -0.25) is 9.69 Å². The van der Waals surface area contributed by atoms with E-state index in [1.54, 1.807) is 11.3 Å². The van der Waals surface area contributed by atoms with Gasteiger partial charge in [0, 0.05) is 42.5 Å². The maximum absolute atomic E-state index is 12.1. The molecule has 1 aliphatic heterocycles. The molecule has 1 amide bonds. The van der Waals surface area contributed by atoms with E-state index in [2.05, 4.69) is 17.9 Å². The van der Waals surface area contributed by atoms with Crippen LogP contribution in [0.15, 0.2) is 12.1 Å². The Morgan fingerprint density at radius 2 is 2.06 bits per heavy atom. The fourth-order valence-electron chi connectivity index (χ4n) is 2.20. The molecule has 1 aliphatic rings. The molecule has 1 aromatic rings. The molecule has 2 rings (SSSR count). The number of rotatable bonds is 4. The minimum atomic E-state index is 0.197. The van der Waals surface area contributed by atoms with Crippen LogP contribution < -0.4 is 0 Å². The van der Waals surface area contributed by atoms with Gasteiger partial charge in [-0.1, -0.05) is 0 Å². The number of aryl methyl sites for hydroxylation is 1. The second kappa shape index (κ2) is 6.31. The van der Waals surface area contributed by atoms with Crippen molar-refractivity contribution in [2.75, 3.05) is 39.3 Å². The molecule has 2 heterocycles. The summed E-state index contributed by atoms with van der Waals surface area (Å²) in [6.45, 7) is 6.28. The van der Waals surface area contributed by atoms with Gasteiger partial charge in [0.15, 0.2) is 0 Å². The van der Waals surface area contributed by atoms with Gasteiger partial charge >= 0.3 is 0 Å². The molecule has 0 aromatic carbocycles. The summed E-state index contributed by atoms with van der Waals surface area (Å²) in [5.74, 6) is 0.223. The van der Waals surface area contributed by atoms with Crippen LogP contribution in [0.4, 0.5) is 0 Å². The lowest BCUT2D eigenvalue weighted by Gasteiger charge is -2.34. The number of hydrogen-bond donors (Lipinski definition) is 1. The van der Waals surface area contributed by atoms with Crippen LogP contribution in [0.2, 0.25) is 0 Å². The van der Waals surface area contributed by atoms with Gasteiger partial charge in [-0.2, -0.15) is 0 Å². The maximum Gasteiger partial charge on any atom is 0.227 e. The van der Waals surface area contributed by atoms with Crippen molar-refractivity contribution in [2.24, 2.45) is 0 Å². The Hall–Kier alpha value is -0.910. The van der Waals surface area contributed by atoms with Gasteiger partial charge in [-0.15, -0.1) is 11.3 Å². The number of hydrogen-bond acceptors (Lipinski definition) is 4. The van der Waals surface area contributed by atoms with Crippen molar-refractivity contribution in [1.82, 2.24) is 9.80 Å². The number of aliphatic hydroxyl groups is 1. The molecule has 0 spiro atoms. The number of carbonyl (C=O) groups is 1. The van der Waals surface area contributed by atoms with Crippen LogP contribution in [0.3, 0.4) is 0 Å². The molecule has 1 N–H and O–H groups in total. The van der Waals surface area contributed by atoms with Gasteiger partial charge in [-0.25, -0.2) is 0 Å². The molecule has 0 atom stereocenters. The molecule has 4 nitrogen and oxygen atoms in total. The third-order valence-corrected chi connectivity index (χ3v) is 4.26. The molecule has 0 saturated carbocycles. The van der Waals surface area contributed by atoms with Crippen molar-refractivity contribution in [1.29, 1.82) is 0 Å². The lowest BCUT2D eigenvalue weighted by Crippen LogP contribution is -2.49. The lowest BCUT2D eigenvalue weighted by atomic mass is 10.2. The largest absolute Gasteiger partial charge is 0.395 e. The van der Waals surface area contributed by atoms with Crippen LogP contribution >= 0.6 is 11.3 Å². The molecule has 0 bridgehead atoms. The summed E-state index contributed by atoms with van der Waals surface area (Å²) in [5.41, 5.74) is 0. The van der Waals surface area contributed by atoms with E-state index in [0.717, 1.165) is 31.1 Å². The highest BCUT2D eigenvalue weighted by molar-refractivity contribution is 7.12. The Bertz CT molecular complexity index is 397. The summed E-state index contributed by atoms with van der Waals surface area (Å²) in [4.78, 5) is 18.6. The molecule has 18 heavy (non-hydrogen) atoms. The minimum absolute atomic E-state index is 0.197. The van der Waals surface area contributed by atoms with E-state index in [-0.39, 0.29) is 12.5 Å². The van der Waals surface area contributed by atoms with E-state index in [1.807, 2.05) is 11.0 Å². The first-order valence-corrected chi connectivity index (χ1v) is 7.17. The number of nitrogens with zero attached hydrogens (tertiary/aromatic N) is 2. The van der Waals surface area contributed by atoms with E-state index in [9.17, 15) is 4.79 Å². The molecule has 0 aliphatic carbocycles. The van der Waals surface area contributed by atoms with Crippen LogP contribution in [0.5, 0.6) is 0 Å². The smallest absolute Gasteiger partial charge is 0.227 e. The maximum atomic E-state index is 12.1. The zero-order valence-electron chi connectivity index (χ0n) is 10.8. The Balaban J connectivity index is 1.80. The van der Waals surface area contributed by atoms with E-state index >= 15 is 0 Å². The number of amides is 1. The summed E-state index contributed by atoms with van der Waals surface area (Å²) in [6.07, 6.45) is 0.526. The summed E-state index contributed by atoms with van der Waals surface area (Å²) in [7, 11) is 0. The zero-order valence-corrected chi connectivity index (χ0v) is 11.6. The molecule has 5 heteroatoms. The van der Waals surface area contributed by atoms with E-state index in [1.165, 1.54) is 4.88 Å². The number of carbonyl (C=O) groups excluding carboxylic acids is 1. The molecular formula is C13H20N2O2S. The normalized spacial score (nSPS) is 17.1. The molecule has 1 fully saturated rings. The van der Waals surface area contributed by atoms with Crippen molar-refractivity contribution in [2.45, 2.75) is 13.3 Å². The Kier molecular flexibility index (Phi) is 4.74. The van der Waals surface area contributed by atoms with Gasteiger partial charge in [0.1, 0.15) is 0 Å². The molecule has 0 unspecified atom stereocenters. The number of piperazine rings is 1. The second-order valence-electron chi connectivity index (χ2n) is 4.64. The third-order valence-electron chi connectivity index (χ3n) is 3.26. The minimum Gasteiger partial charge on any atom is -0.395 e. The van der Waals surface area contributed by atoms with E-state index < -0.39 is 0 Å². The molecule has 100 valence electrons. The first-order valence-electron chi connectivity index (χ1n) is 6.35. The topological polar surface area (TPSA) is 43.8 Å². The van der Waals surface area contributed by atoms with Gasteiger partial charge in [0.05, 0.1) is 13.0 Å². The van der Waals surface area contributed by atoms with Crippen molar-refractivity contribution in [3.05, 3.63) is 21.9 Å². The summed E-state index contributed by atoms with van der Waals surface area (Å²) in [5, 5.41) is 8.87. The van der Waals surface area contributed by atoms with Gasteiger partial charge in [-0.05, 0) is 19.1 Å². The highest BCUT2D eigenvalue weighted by Crippen LogP contribution is 2.16. The predicted molar refractivity (Wildman–Crippen MR) is 72.9 cm³/mol. The molecule has 1 saturated heterocycles. The lowest BCUT2D eigenvalue weighted by molar-refractivity contribution is -0.132. The first-order chi connectivity index (χ1) is 8.69. The van der Waals surface area contributed by atoms with Gasteiger partial charge < -0.3 is 10.0 Å². The Morgan fingerprint density at radius 1 is 1.33 bits per heavy atom. The Morgan fingerprint density at radius 3 is 2.61 bits per heavy atom. The van der Waals surface area contributed by atoms with Gasteiger partial charge in [0.2, 0.25) is 5.91 Å². The van der Waals surface area contributed by atoms with Crippen LogP contribution in [0, 0.1) is 6.92 Å². The van der Waals surface area contributed by atoms with Gasteiger partial charge in [0.25, 0.3) is 0 Å².